The van der Waals surface area contributed by atoms with Crippen molar-refractivity contribution >= 4 is 63.2 Å². The van der Waals surface area contributed by atoms with Crippen LogP contribution in [-0.2, 0) is 9.59 Å². The van der Waals surface area contributed by atoms with E-state index >= 15 is 0 Å². The van der Waals surface area contributed by atoms with Crippen LogP contribution in [0.2, 0.25) is 0 Å². The van der Waals surface area contributed by atoms with Crippen molar-refractivity contribution in [3.05, 3.63) is 95.6 Å². The highest BCUT2D eigenvalue weighted by molar-refractivity contribution is 14.1. The average Bonchev–Trinajstić information content (AvgIpc) is 3.10. The second-order valence-electron chi connectivity index (χ2n) is 9.48. The van der Waals surface area contributed by atoms with Crippen LogP contribution in [0.15, 0.2) is 65.8 Å². The predicted molar refractivity (Wildman–Crippen MR) is 151 cm³/mol. The minimum atomic E-state index is -0.420. The molecular formula is C28H22I2N2O3. The molecule has 3 aliphatic carbocycles. The van der Waals surface area contributed by atoms with Crippen molar-refractivity contribution in [1.29, 1.82) is 0 Å². The van der Waals surface area contributed by atoms with Gasteiger partial charge in [-0.1, -0.05) is 48.5 Å². The number of imide groups is 1. The molecule has 176 valence electrons. The van der Waals surface area contributed by atoms with Crippen LogP contribution in [0.3, 0.4) is 0 Å². The first-order valence-electron chi connectivity index (χ1n) is 11.6. The normalized spacial score (nSPS) is 24.2. The Morgan fingerprint density at radius 2 is 1.26 bits per heavy atom. The third-order valence-corrected chi connectivity index (χ3v) is 8.72. The molecule has 1 heterocycles. The molecule has 5 nitrogen and oxygen atoms in total. The molecule has 0 aromatic heterocycles. The molecule has 7 heteroatoms. The Kier molecular flexibility index (Phi) is 5.75. The van der Waals surface area contributed by atoms with Crippen molar-refractivity contribution in [3.63, 3.8) is 0 Å². The van der Waals surface area contributed by atoms with E-state index in [-0.39, 0.29) is 29.8 Å². The molecule has 1 saturated heterocycles. The summed E-state index contributed by atoms with van der Waals surface area (Å²) >= 11 is 4.49. The third-order valence-electron chi connectivity index (χ3n) is 7.12. The summed E-state index contributed by atoms with van der Waals surface area (Å²) in [6.07, 6.45) is 1.68. The number of benzene rings is 3. The molecule has 3 aromatic carbocycles. The van der Waals surface area contributed by atoms with Crippen molar-refractivity contribution in [1.82, 2.24) is 5.01 Å². The maximum atomic E-state index is 13.7. The largest absolute Gasteiger partial charge is 0.489 e. The predicted octanol–water partition coefficient (Wildman–Crippen LogP) is 5.91. The van der Waals surface area contributed by atoms with Crippen LogP contribution in [0, 0.1) is 19.0 Å². The highest BCUT2D eigenvalue weighted by Crippen LogP contribution is 2.60. The van der Waals surface area contributed by atoms with E-state index in [1.165, 1.54) is 0 Å². The maximum absolute atomic E-state index is 13.7. The first-order chi connectivity index (χ1) is 16.9. The first kappa shape index (κ1) is 23.1. The molecule has 2 atom stereocenters. The van der Waals surface area contributed by atoms with Crippen LogP contribution in [-0.4, -0.2) is 29.1 Å². The van der Waals surface area contributed by atoms with Crippen molar-refractivity contribution in [2.24, 2.45) is 16.9 Å². The number of amides is 2. The molecule has 0 saturated carbocycles. The van der Waals surface area contributed by atoms with E-state index in [4.69, 9.17) is 4.74 Å². The fraction of sp³-hybridized carbons (Fsp3) is 0.250. The molecule has 1 fully saturated rings. The maximum Gasteiger partial charge on any atom is 0.254 e. The zero-order valence-electron chi connectivity index (χ0n) is 19.1. The minimum absolute atomic E-state index is 0.0725. The molecule has 7 rings (SSSR count). The van der Waals surface area contributed by atoms with Gasteiger partial charge in [0.25, 0.3) is 11.8 Å². The number of halogens is 2. The van der Waals surface area contributed by atoms with E-state index in [1.807, 2.05) is 50.2 Å². The number of carbonyl (C=O) groups excluding carboxylic acids is 2. The summed E-state index contributed by atoms with van der Waals surface area (Å²) < 4.78 is 7.84. The quantitative estimate of drug-likeness (QED) is 0.195. The van der Waals surface area contributed by atoms with Gasteiger partial charge in [0.05, 0.1) is 31.3 Å². The number of ether oxygens (including phenoxy) is 1. The molecular weight excluding hydrogens is 666 g/mol. The van der Waals surface area contributed by atoms with Crippen LogP contribution < -0.4 is 4.74 Å². The lowest BCUT2D eigenvalue weighted by Gasteiger charge is -2.45. The van der Waals surface area contributed by atoms with Crippen LogP contribution in [0.1, 0.15) is 53.5 Å². The summed E-state index contributed by atoms with van der Waals surface area (Å²) in [5.41, 5.74) is 5.46. The number of rotatable bonds is 4. The van der Waals surface area contributed by atoms with Gasteiger partial charge in [-0.3, -0.25) is 9.59 Å². The van der Waals surface area contributed by atoms with Gasteiger partial charge in [0.1, 0.15) is 5.75 Å². The topological polar surface area (TPSA) is 59.0 Å². The van der Waals surface area contributed by atoms with Gasteiger partial charge in [0, 0.05) is 11.8 Å². The van der Waals surface area contributed by atoms with Crippen LogP contribution >= 0.6 is 45.2 Å². The van der Waals surface area contributed by atoms with E-state index in [9.17, 15) is 9.59 Å². The highest BCUT2D eigenvalue weighted by Gasteiger charge is 2.61. The van der Waals surface area contributed by atoms with Crippen molar-refractivity contribution < 1.29 is 14.3 Å². The summed E-state index contributed by atoms with van der Waals surface area (Å²) in [6.45, 7) is 3.99. The molecule has 35 heavy (non-hydrogen) atoms. The number of hydrazone groups is 1. The van der Waals surface area contributed by atoms with Crippen LogP contribution in [0.4, 0.5) is 0 Å². The van der Waals surface area contributed by atoms with Crippen molar-refractivity contribution in [2.45, 2.75) is 31.8 Å². The van der Waals surface area contributed by atoms with E-state index in [0.717, 1.165) is 45.7 Å². The molecule has 0 radical (unpaired) electrons. The average molecular weight is 688 g/mol. The third kappa shape index (κ3) is 3.56. The standard InChI is InChI=1S/C28H22I2N2O3/c1-14(2)35-26-20(29)11-15(12-21(26)30)13-31-32-27(33)24-22-16-7-3-4-8-17(16)23(25(24)28(32)34)19-10-6-5-9-18(19)22/h3-14,22-25H,1-2H3/b31-13-/t22?,23?,24-,25-/m0/s1. The summed E-state index contributed by atoms with van der Waals surface area (Å²) in [7, 11) is 0. The lowest BCUT2D eigenvalue weighted by atomic mass is 9.55. The van der Waals surface area contributed by atoms with Gasteiger partial charge < -0.3 is 4.74 Å². The Morgan fingerprint density at radius 1 is 0.829 bits per heavy atom. The molecule has 3 aromatic rings. The molecule has 2 amide bonds. The number of nitrogens with zero attached hydrogens (tertiary/aromatic N) is 2. The van der Waals surface area contributed by atoms with Crippen molar-refractivity contribution in [3.8, 4) is 5.75 Å². The van der Waals surface area contributed by atoms with E-state index < -0.39 is 11.8 Å². The van der Waals surface area contributed by atoms with Gasteiger partial charge in [0.15, 0.2) is 0 Å². The van der Waals surface area contributed by atoms with E-state index in [0.29, 0.717) is 0 Å². The summed E-state index contributed by atoms with van der Waals surface area (Å²) in [5, 5.41) is 5.55. The Balaban J connectivity index is 1.37. The Morgan fingerprint density at radius 3 is 1.66 bits per heavy atom. The molecule has 0 N–H and O–H groups in total. The molecule has 1 aliphatic heterocycles. The molecule has 0 unspecified atom stereocenters. The van der Waals surface area contributed by atoms with Gasteiger partial charge in [-0.25, -0.2) is 0 Å². The first-order valence-corrected chi connectivity index (χ1v) is 13.8. The van der Waals surface area contributed by atoms with Gasteiger partial charge >= 0.3 is 0 Å². The van der Waals surface area contributed by atoms with Gasteiger partial charge in [0.2, 0.25) is 0 Å². The van der Waals surface area contributed by atoms with E-state index in [1.54, 1.807) is 6.21 Å². The van der Waals surface area contributed by atoms with Crippen LogP contribution in [0.25, 0.3) is 0 Å². The Hall–Kier alpha value is -2.27. The van der Waals surface area contributed by atoms with Crippen molar-refractivity contribution in [2.75, 3.05) is 0 Å². The zero-order valence-corrected chi connectivity index (χ0v) is 23.4. The number of carbonyl (C=O) groups is 2. The Bertz CT molecular complexity index is 1280. The molecule has 0 spiro atoms. The smallest absolute Gasteiger partial charge is 0.254 e. The lowest BCUT2D eigenvalue weighted by Crippen LogP contribution is -2.41. The monoisotopic (exact) mass is 688 g/mol. The minimum Gasteiger partial charge on any atom is -0.489 e. The summed E-state index contributed by atoms with van der Waals surface area (Å²) in [6, 6.07) is 20.4. The second-order valence-corrected chi connectivity index (χ2v) is 11.8. The van der Waals surface area contributed by atoms with E-state index in [2.05, 4.69) is 74.5 Å². The summed E-state index contributed by atoms with van der Waals surface area (Å²) in [5.74, 6) is -0.663. The van der Waals surface area contributed by atoms with Crippen LogP contribution in [0.5, 0.6) is 5.75 Å². The van der Waals surface area contributed by atoms with Gasteiger partial charge in [-0.2, -0.15) is 10.1 Å². The second kappa shape index (κ2) is 8.69. The Labute approximate surface area is 231 Å². The fourth-order valence-corrected chi connectivity index (χ4v) is 7.97. The lowest BCUT2D eigenvalue weighted by molar-refractivity contribution is -0.139. The molecule has 2 bridgehead atoms. The fourth-order valence-electron chi connectivity index (χ4n) is 5.90. The highest BCUT2D eigenvalue weighted by atomic mass is 127. The summed E-state index contributed by atoms with van der Waals surface area (Å²) in [4.78, 5) is 27.3. The SMILES string of the molecule is CC(C)Oc1c(I)cc(/C=N\N2C(=O)[C@H]3C4c5ccccc5C(c5ccccc54)[C@@H]3C2=O)cc1I. The number of hydrogen-bond donors (Lipinski definition) is 0. The van der Waals surface area contributed by atoms with Gasteiger partial charge in [-0.15, -0.1) is 0 Å². The van der Waals surface area contributed by atoms with Gasteiger partial charge in [-0.05, 0) is 99.0 Å². The molecule has 4 aliphatic rings. The zero-order chi connectivity index (χ0) is 24.4. The number of hydrogen-bond acceptors (Lipinski definition) is 4.